The second-order valence-corrected chi connectivity index (χ2v) is 7.29. The molecule has 0 fully saturated rings. The van der Waals surface area contributed by atoms with Crippen LogP contribution in [0, 0.1) is 34.5 Å². The monoisotopic (exact) mass is 459 g/mol. The molecule has 0 unspecified atom stereocenters. The number of nitro groups is 1. The smallest absolute Gasteiger partial charge is 0.269 e. The SMILES string of the molecule is Cc1cc(-n2c(C)cc(C=Nc3ccc([N+](=O)[O-])cc3)c2C)ccc1I. The van der Waals surface area contributed by atoms with Crippen molar-refractivity contribution in [1.29, 1.82) is 0 Å². The summed E-state index contributed by atoms with van der Waals surface area (Å²) in [5.41, 5.74) is 6.39. The third-order valence-electron chi connectivity index (χ3n) is 4.28. The highest BCUT2D eigenvalue weighted by Crippen LogP contribution is 2.24. The second-order valence-electron chi connectivity index (χ2n) is 6.13. The van der Waals surface area contributed by atoms with Gasteiger partial charge >= 0.3 is 0 Å². The molecule has 1 heterocycles. The van der Waals surface area contributed by atoms with Crippen molar-refractivity contribution in [1.82, 2.24) is 4.57 Å². The molecular formula is C20H18IN3O2. The largest absolute Gasteiger partial charge is 0.318 e. The molecule has 0 spiro atoms. The highest BCUT2D eigenvalue weighted by molar-refractivity contribution is 14.1. The Morgan fingerprint density at radius 3 is 2.38 bits per heavy atom. The summed E-state index contributed by atoms with van der Waals surface area (Å²) in [5, 5.41) is 10.7. The van der Waals surface area contributed by atoms with Crippen LogP contribution in [0.3, 0.4) is 0 Å². The Morgan fingerprint density at radius 1 is 1.08 bits per heavy atom. The van der Waals surface area contributed by atoms with Crippen molar-refractivity contribution in [3.8, 4) is 5.69 Å². The van der Waals surface area contributed by atoms with Crippen LogP contribution in [0.5, 0.6) is 0 Å². The average Bonchev–Trinajstić information content (AvgIpc) is 2.90. The number of nitro benzene ring substituents is 1. The number of aromatic nitrogens is 1. The standard InChI is InChI=1S/C20H18IN3O2/c1-13-10-19(8-9-20(13)21)23-14(2)11-16(15(23)3)12-22-17-4-6-18(7-5-17)24(25)26/h4-12H,1-3H3. The van der Waals surface area contributed by atoms with Crippen LogP contribution in [-0.4, -0.2) is 15.7 Å². The molecule has 0 saturated carbocycles. The third-order valence-corrected chi connectivity index (χ3v) is 5.49. The van der Waals surface area contributed by atoms with Crippen molar-refractivity contribution in [3.63, 3.8) is 0 Å². The van der Waals surface area contributed by atoms with Gasteiger partial charge in [0.05, 0.1) is 10.6 Å². The molecule has 26 heavy (non-hydrogen) atoms. The zero-order valence-electron chi connectivity index (χ0n) is 14.7. The van der Waals surface area contributed by atoms with Gasteiger partial charge in [0, 0.05) is 44.6 Å². The summed E-state index contributed by atoms with van der Waals surface area (Å²) < 4.78 is 3.45. The van der Waals surface area contributed by atoms with E-state index in [9.17, 15) is 10.1 Å². The van der Waals surface area contributed by atoms with Crippen LogP contribution in [0.4, 0.5) is 11.4 Å². The first-order valence-corrected chi connectivity index (χ1v) is 9.18. The minimum absolute atomic E-state index is 0.0659. The molecule has 3 aromatic rings. The van der Waals surface area contributed by atoms with Crippen LogP contribution in [0.15, 0.2) is 53.5 Å². The van der Waals surface area contributed by atoms with E-state index >= 15 is 0 Å². The van der Waals surface area contributed by atoms with Gasteiger partial charge in [-0.2, -0.15) is 0 Å². The van der Waals surface area contributed by atoms with Crippen LogP contribution in [0.2, 0.25) is 0 Å². The highest BCUT2D eigenvalue weighted by atomic mass is 127. The number of aliphatic imine (C=N–C) groups is 1. The van der Waals surface area contributed by atoms with Crippen LogP contribution in [-0.2, 0) is 0 Å². The highest BCUT2D eigenvalue weighted by Gasteiger charge is 2.10. The maximum absolute atomic E-state index is 10.7. The lowest BCUT2D eigenvalue weighted by Gasteiger charge is -2.11. The van der Waals surface area contributed by atoms with Crippen molar-refractivity contribution in [3.05, 3.63) is 84.7 Å². The normalized spacial score (nSPS) is 11.2. The molecule has 3 rings (SSSR count). The summed E-state index contributed by atoms with van der Waals surface area (Å²) in [6, 6.07) is 14.7. The van der Waals surface area contributed by atoms with Crippen molar-refractivity contribution >= 4 is 40.2 Å². The number of non-ortho nitro benzene ring substituents is 1. The van der Waals surface area contributed by atoms with Crippen LogP contribution < -0.4 is 0 Å². The molecule has 0 bridgehead atoms. The fourth-order valence-electron chi connectivity index (χ4n) is 2.89. The first-order chi connectivity index (χ1) is 12.4. The summed E-state index contributed by atoms with van der Waals surface area (Å²) in [4.78, 5) is 14.8. The maximum Gasteiger partial charge on any atom is 0.269 e. The first-order valence-electron chi connectivity index (χ1n) is 8.11. The molecule has 0 aliphatic rings. The summed E-state index contributed by atoms with van der Waals surface area (Å²) >= 11 is 2.34. The van der Waals surface area contributed by atoms with Gasteiger partial charge in [-0.1, -0.05) is 0 Å². The Balaban J connectivity index is 1.92. The number of aryl methyl sites for hydroxylation is 2. The number of benzene rings is 2. The van der Waals surface area contributed by atoms with Crippen molar-refractivity contribution in [2.24, 2.45) is 4.99 Å². The molecule has 0 amide bonds. The molecule has 6 heteroatoms. The number of hydrogen-bond donors (Lipinski definition) is 0. The lowest BCUT2D eigenvalue weighted by molar-refractivity contribution is -0.384. The van der Waals surface area contributed by atoms with E-state index in [1.807, 2.05) is 0 Å². The van der Waals surface area contributed by atoms with E-state index in [0.717, 1.165) is 22.6 Å². The van der Waals surface area contributed by atoms with Gasteiger partial charge in [0.25, 0.3) is 5.69 Å². The minimum Gasteiger partial charge on any atom is -0.318 e. The fourth-order valence-corrected chi connectivity index (χ4v) is 3.22. The van der Waals surface area contributed by atoms with Gasteiger partial charge in [0.1, 0.15) is 0 Å². The van der Waals surface area contributed by atoms with Crippen molar-refractivity contribution in [2.45, 2.75) is 20.8 Å². The van der Waals surface area contributed by atoms with E-state index in [1.165, 1.54) is 21.3 Å². The molecule has 2 aromatic carbocycles. The molecule has 0 saturated heterocycles. The first kappa shape index (κ1) is 18.3. The van der Waals surface area contributed by atoms with E-state index in [1.54, 1.807) is 18.3 Å². The summed E-state index contributed by atoms with van der Waals surface area (Å²) in [6.45, 7) is 6.25. The topological polar surface area (TPSA) is 60.4 Å². The summed E-state index contributed by atoms with van der Waals surface area (Å²) in [6.07, 6.45) is 1.81. The molecule has 5 nitrogen and oxygen atoms in total. The lowest BCUT2D eigenvalue weighted by Crippen LogP contribution is -2.00. The Hall–Kier alpha value is -2.48. The summed E-state index contributed by atoms with van der Waals surface area (Å²) in [7, 11) is 0. The molecule has 0 aliphatic carbocycles. The van der Waals surface area contributed by atoms with Gasteiger partial charge in [-0.15, -0.1) is 0 Å². The van der Waals surface area contributed by atoms with E-state index in [2.05, 4.69) is 77.2 Å². The van der Waals surface area contributed by atoms with Crippen LogP contribution in [0.25, 0.3) is 5.69 Å². The summed E-state index contributed by atoms with van der Waals surface area (Å²) in [5.74, 6) is 0. The molecular weight excluding hydrogens is 441 g/mol. The van der Waals surface area contributed by atoms with Crippen LogP contribution >= 0.6 is 22.6 Å². The van der Waals surface area contributed by atoms with E-state index < -0.39 is 4.92 Å². The zero-order chi connectivity index (χ0) is 18.8. The van der Waals surface area contributed by atoms with Crippen molar-refractivity contribution in [2.75, 3.05) is 0 Å². The van der Waals surface area contributed by atoms with Gasteiger partial charge in [-0.25, -0.2) is 0 Å². The lowest BCUT2D eigenvalue weighted by atomic mass is 10.2. The van der Waals surface area contributed by atoms with E-state index in [4.69, 9.17) is 0 Å². The van der Waals surface area contributed by atoms with Crippen molar-refractivity contribution < 1.29 is 4.92 Å². The van der Waals surface area contributed by atoms with E-state index in [0.29, 0.717) is 5.69 Å². The van der Waals surface area contributed by atoms with Gasteiger partial charge < -0.3 is 4.57 Å². The predicted octanol–water partition coefficient (Wildman–Crippen LogP) is 5.67. The third kappa shape index (κ3) is 3.70. The molecule has 0 N–H and O–H groups in total. The minimum atomic E-state index is -0.413. The van der Waals surface area contributed by atoms with Gasteiger partial charge in [-0.05, 0) is 85.3 Å². The van der Waals surface area contributed by atoms with Gasteiger partial charge in [0.15, 0.2) is 0 Å². The average molecular weight is 459 g/mol. The Labute approximate surface area is 165 Å². The number of hydrogen-bond acceptors (Lipinski definition) is 3. The van der Waals surface area contributed by atoms with Crippen LogP contribution in [0.1, 0.15) is 22.5 Å². The molecule has 0 radical (unpaired) electrons. The Bertz CT molecular complexity index is 1000. The van der Waals surface area contributed by atoms with Gasteiger partial charge in [-0.3, -0.25) is 15.1 Å². The zero-order valence-corrected chi connectivity index (χ0v) is 16.9. The molecule has 0 aliphatic heterocycles. The number of rotatable bonds is 4. The predicted molar refractivity (Wildman–Crippen MR) is 113 cm³/mol. The number of halogens is 1. The van der Waals surface area contributed by atoms with Gasteiger partial charge in [0.2, 0.25) is 0 Å². The molecule has 132 valence electrons. The molecule has 0 atom stereocenters. The second kappa shape index (κ2) is 7.41. The fraction of sp³-hybridized carbons (Fsp3) is 0.150. The molecule has 1 aromatic heterocycles. The number of nitrogens with zero attached hydrogens (tertiary/aromatic N) is 3. The maximum atomic E-state index is 10.7. The van der Waals surface area contributed by atoms with E-state index in [-0.39, 0.29) is 5.69 Å². The Morgan fingerprint density at radius 2 is 1.77 bits per heavy atom. The quantitative estimate of drug-likeness (QED) is 0.219. The Kier molecular flexibility index (Phi) is 5.22.